The highest BCUT2D eigenvalue weighted by Gasteiger charge is 2.15. The van der Waals surface area contributed by atoms with Crippen molar-refractivity contribution >= 4 is 11.9 Å². The number of nitrogens with two attached hydrogens (primary N) is 1. The fraction of sp³-hybridized carbons (Fsp3) is 0.467. The van der Waals surface area contributed by atoms with Crippen LogP contribution >= 0.6 is 0 Å². The maximum Gasteiger partial charge on any atom is 0.321 e. The molecule has 1 heterocycles. The van der Waals surface area contributed by atoms with Crippen LogP contribution in [0.4, 0.5) is 0 Å². The second-order valence-electron chi connectivity index (χ2n) is 4.95. The van der Waals surface area contributed by atoms with Crippen molar-refractivity contribution in [3.8, 4) is 0 Å². The van der Waals surface area contributed by atoms with Crippen molar-refractivity contribution in [1.82, 2.24) is 5.32 Å². The number of hydrogen-bond acceptors (Lipinski definition) is 5. The van der Waals surface area contributed by atoms with E-state index in [4.69, 9.17) is 20.7 Å². The van der Waals surface area contributed by atoms with Gasteiger partial charge in [0.15, 0.2) is 0 Å². The first kappa shape index (κ1) is 18.1. The van der Waals surface area contributed by atoms with Gasteiger partial charge in [-0.1, -0.05) is 30.3 Å². The van der Waals surface area contributed by atoms with E-state index < -0.39 is 24.4 Å². The lowest BCUT2D eigenvalue weighted by atomic mass is 10.2. The van der Waals surface area contributed by atoms with Crippen molar-refractivity contribution < 1.29 is 24.5 Å². The Morgan fingerprint density at radius 1 is 1.32 bits per heavy atom. The Morgan fingerprint density at radius 3 is 2.45 bits per heavy atom. The van der Waals surface area contributed by atoms with E-state index in [9.17, 15) is 9.59 Å². The van der Waals surface area contributed by atoms with Gasteiger partial charge >= 0.3 is 11.9 Å². The van der Waals surface area contributed by atoms with Crippen LogP contribution in [0, 0.1) is 0 Å². The fourth-order valence-corrected chi connectivity index (χ4v) is 1.83. The van der Waals surface area contributed by atoms with Crippen LogP contribution in [0.25, 0.3) is 0 Å². The zero-order valence-electron chi connectivity index (χ0n) is 12.3. The van der Waals surface area contributed by atoms with Crippen LogP contribution in [-0.4, -0.2) is 47.4 Å². The normalized spacial score (nSPS) is 18.1. The molecule has 1 aromatic rings. The predicted molar refractivity (Wildman–Crippen MR) is 80.4 cm³/mol. The molecule has 0 spiro atoms. The number of hydrogen-bond donors (Lipinski definition) is 4. The van der Waals surface area contributed by atoms with E-state index in [1.165, 1.54) is 5.56 Å². The summed E-state index contributed by atoms with van der Waals surface area (Å²) < 4.78 is 5.73. The van der Waals surface area contributed by atoms with Gasteiger partial charge in [-0.05, 0) is 18.5 Å². The molecule has 1 fully saturated rings. The highest BCUT2D eigenvalue weighted by atomic mass is 16.5. The largest absolute Gasteiger partial charge is 0.481 e. The van der Waals surface area contributed by atoms with Crippen LogP contribution in [0.15, 0.2) is 30.3 Å². The van der Waals surface area contributed by atoms with Crippen LogP contribution in [0.5, 0.6) is 0 Å². The molecule has 22 heavy (non-hydrogen) atoms. The lowest BCUT2D eigenvalue weighted by Gasteiger charge is -2.09. The Bertz CT molecular complexity index is 460. The lowest BCUT2D eigenvalue weighted by molar-refractivity contribution is -0.144. The standard InChI is InChI=1S/C11H15NO.C4H7NO4/c1-2-4-10(5-3-1)9-13-11-6-7-12-8-11;5-2(4(8)9)1-3(6)7/h1-5,11-12H,6-9H2;2H,1,5H2,(H,6,7)(H,8,9)/t11-;/m1./s1. The highest BCUT2D eigenvalue weighted by molar-refractivity contribution is 5.80. The van der Waals surface area contributed by atoms with E-state index in [-0.39, 0.29) is 0 Å². The zero-order valence-corrected chi connectivity index (χ0v) is 12.3. The van der Waals surface area contributed by atoms with Gasteiger partial charge in [0.25, 0.3) is 0 Å². The van der Waals surface area contributed by atoms with Gasteiger partial charge in [0.1, 0.15) is 6.04 Å². The third-order valence-corrected chi connectivity index (χ3v) is 3.06. The van der Waals surface area contributed by atoms with Crippen LogP contribution < -0.4 is 11.1 Å². The summed E-state index contributed by atoms with van der Waals surface area (Å²) in [4.78, 5) is 19.6. The first-order valence-electron chi connectivity index (χ1n) is 7.05. The van der Waals surface area contributed by atoms with Gasteiger partial charge in [-0.3, -0.25) is 9.59 Å². The Kier molecular flexibility index (Phi) is 8.13. The molecular formula is C15H22N2O5. The Morgan fingerprint density at radius 2 is 2.00 bits per heavy atom. The van der Waals surface area contributed by atoms with Crippen LogP contribution in [0.2, 0.25) is 0 Å². The molecule has 7 heteroatoms. The minimum absolute atomic E-state index is 0.417. The van der Waals surface area contributed by atoms with Gasteiger partial charge in [0.2, 0.25) is 0 Å². The number of benzene rings is 1. The molecule has 1 saturated heterocycles. The molecule has 0 radical (unpaired) electrons. The maximum absolute atomic E-state index is 9.85. The number of carboxylic acids is 2. The maximum atomic E-state index is 9.85. The summed E-state index contributed by atoms with van der Waals surface area (Å²) in [6.07, 6.45) is 1.03. The number of rotatable bonds is 6. The molecule has 5 N–H and O–H groups in total. The van der Waals surface area contributed by atoms with Crippen LogP contribution in [-0.2, 0) is 20.9 Å². The molecule has 1 aromatic carbocycles. The van der Waals surface area contributed by atoms with Gasteiger partial charge in [-0.2, -0.15) is 0 Å². The Hall–Kier alpha value is -1.96. The summed E-state index contributed by atoms with van der Waals surface area (Å²) in [5.74, 6) is -2.50. The summed E-state index contributed by atoms with van der Waals surface area (Å²) in [5.41, 5.74) is 6.10. The SMILES string of the molecule is NC(CC(=O)O)C(=O)O.c1ccc(CO[C@@H]2CCNC2)cc1. The van der Waals surface area contributed by atoms with Crippen molar-refractivity contribution in [3.63, 3.8) is 0 Å². The van der Waals surface area contributed by atoms with Crippen molar-refractivity contribution in [2.45, 2.75) is 31.6 Å². The first-order chi connectivity index (χ1) is 10.5. The van der Waals surface area contributed by atoms with E-state index in [1.54, 1.807) is 0 Å². The quantitative estimate of drug-likeness (QED) is 0.601. The monoisotopic (exact) mass is 310 g/mol. The fourth-order valence-electron chi connectivity index (χ4n) is 1.83. The summed E-state index contributed by atoms with van der Waals surface area (Å²) >= 11 is 0. The molecule has 2 rings (SSSR count). The lowest BCUT2D eigenvalue weighted by Crippen LogP contribution is -2.32. The van der Waals surface area contributed by atoms with Crippen LogP contribution in [0.1, 0.15) is 18.4 Å². The summed E-state index contributed by atoms with van der Waals surface area (Å²) in [7, 11) is 0. The number of carboxylic acid groups (broad SMARTS) is 2. The molecular weight excluding hydrogens is 288 g/mol. The third kappa shape index (κ3) is 7.72. The molecule has 7 nitrogen and oxygen atoms in total. The van der Waals surface area contributed by atoms with Gasteiger partial charge in [0.05, 0.1) is 19.1 Å². The zero-order chi connectivity index (χ0) is 16.4. The van der Waals surface area contributed by atoms with Gasteiger partial charge < -0.3 is 26.0 Å². The van der Waals surface area contributed by atoms with E-state index in [0.29, 0.717) is 6.10 Å². The molecule has 1 aliphatic heterocycles. The second-order valence-corrected chi connectivity index (χ2v) is 4.95. The van der Waals surface area contributed by atoms with E-state index in [1.807, 2.05) is 18.2 Å². The third-order valence-electron chi connectivity index (χ3n) is 3.06. The molecule has 0 aliphatic carbocycles. The van der Waals surface area contributed by atoms with Crippen molar-refractivity contribution in [1.29, 1.82) is 0 Å². The van der Waals surface area contributed by atoms with E-state index >= 15 is 0 Å². The summed E-state index contributed by atoms with van der Waals surface area (Å²) in [6, 6.07) is 9.03. The molecule has 2 atom stereocenters. The van der Waals surface area contributed by atoms with E-state index in [0.717, 1.165) is 26.1 Å². The van der Waals surface area contributed by atoms with Crippen molar-refractivity contribution in [3.05, 3.63) is 35.9 Å². The highest BCUT2D eigenvalue weighted by Crippen LogP contribution is 2.07. The summed E-state index contributed by atoms with van der Waals surface area (Å²) in [5, 5.41) is 19.3. The molecule has 0 bridgehead atoms. The molecule has 1 aliphatic rings. The van der Waals surface area contributed by atoms with Gasteiger partial charge in [-0.15, -0.1) is 0 Å². The molecule has 0 amide bonds. The predicted octanol–water partition coefficient (Wildman–Crippen LogP) is 0.438. The molecule has 122 valence electrons. The average Bonchev–Trinajstić information content (AvgIpc) is 2.99. The van der Waals surface area contributed by atoms with Crippen molar-refractivity contribution in [2.75, 3.05) is 13.1 Å². The summed E-state index contributed by atoms with van der Waals surface area (Å²) in [6.45, 7) is 2.85. The number of aliphatic carboxylic acids is 2. The first-order valence-corrected chi connectivity index (χ1v) is 7.05. The second kappa shape index (κ2) is 9.88. The molecule has 1 unspecified atom stereocenters. The van der Waals surface area contributed by atoms with Crippen molar-refractivity contribution in [2.24, 2.45) is 5.73 Å². The minimum Gasteiger partial charge on any atom is -0.481 e. The van der Waals surface area contributed by atoms with Gasteiger partial charge in [0, 0.05) is 6.54 Å². The Labute approximate surface area is 129 Å². The van der Waals surface area contributed by atoms with Gasteiger partial charge in [-0.25, -0.2) is 0 Å². The number of ether oxygens (including phenoxy) is 1. The molecule has 0 saturated carbocycles. The number of nitrogens with one attached hydrogen (secondary N) is 1. The van der Waals surface area contributed by atoms with Crippen LogP contribution in [0.3, 0.4) is 0 Å². The molecule has 0 aromatic heterocycles. The average molecular weight is 310 g/mol. The minimum atomic E-state index is -1.29. The smallest absolute Gasteiger partial charge is 0.321 e. The topological polar surface area (TPSA) is 122 Å². The number of carbonyl (C=O) groups is 2. The van der Waals surface area contributed by atoms with E-state index in [2.05, 4.69) is 17.4 Å². The Balaban J connectivity index is 0.000000239.